The van der Waals surface area contributed by atoms with Crippen molar-refractivity contribution in [3.8, 4) is 0 Å². The Morgan fingerprint density at radius 1 is 1.07 bits per heavy atom. The fraction of sp³-hybridized carbons (Fsp3) is 0.136. The first-order valence-corrected chi connectivity index (χ1v) is 9.86. The summed E-state index contributed by atoms with van der Waals surface area (Å²) in [7, 11) is 0. The van der Waals surface area contributed by atoms with E-state index in [2.05, 4.69) is 4.98 Å². The summed E-state index contributed by atoms with van der Waals surface area (Å²) >= 11 is 1.20. The molecule has 5 nitrogen and oxygen atoms in total. The number of amides is 1. The Hall–Kier alpha value is -3.39. The molecule has 1 saturated heterocycles. The fourth-order valence-electron chi connectivity index (χ4n) is 3.34. The van der Waals surface area contributed by atoms with Gasteiger partial charge in [-0.1, -0.05) is 18.2 Å². The Morgan fingerprint density at radius 3 is 2.33 bits per heavy atom. The van der Waals surface area contributed by atoms with Crippen molar-refractivity contribution in [1.82, 2.24) is 4.98 Å². The number of hydrogen-bond donors (Lipinski definition) is 1. The van der Waals surface area contributed by atoms with Gasteiger partial charge in [-0.05, 0) is 44.2 Å². The SMILES string of the molecule is Cc1nc(N2C(=O)C(=O)C(=C(O)c3ccc(F)cc3)C2c2ccccc2F)sc1C. The van der Waals surface area contributed by atoms with Crippen LogP contribution in [0.2, 0.25) is 0 Å². The molecule has 3 aromatic rings. The van der Waals surface area contributed by atoms with Gasteiger partial charge in [0, 0.05) is 16.0 Å². The molecule has 1 N–H and O–H groups in total. The number of hydrogen-bond acceptors (Lipinski definition) is 5. The molecule has 2 aromatic carbocycles. The van der Waals surface area contributed by atoms with E-state index in [4.69, 9.17) is 0 Å². The molecule has 1 fully saturated rings. The van der Waals surface area contributed by atoms with E-state index >= 15 is 0 Å². The number of rotatable bonds is 3. The first kappa shape index (κ1) is 19.9. The van der Waals surface area contributed by atoms with Gasteiger partial charge in [-0.25, -0.2) is 13.8 Å². The lowest BCUT2D eigenvalue weighted by atomic mass is 9.95. The van der Waals surface area contributed by atoms with E-state index in [9.17, 15) is 23.5 Å². The van der Waals surface area contributed by atoms with Crippen LogP contribution in [-0.4, -0.2) is 21.8 Å². The second-order valence-electron chi connectivity index (χ2n) is 6.84. The van der Waals surface area contributed by atoms with Gasteiger partial charge < -0.3 is 5.11 Å². The van der Waals surface area contributed by atoms with Gasteiger partial charge in [0.05, 0.1) is 11.3 Å². The Bertz CT molecular complexity index is 1180. The molecular weight excluding hydrogens is 410 g/mol. The van der Waals surface area contributed by atoms with E-state index in [1.807, 2.05) is 6.92 Å². The molecule has 1 unspecified atom stereocenters. The lowest BCUT2D eigenvalue weighted by Gasteiger charge is -2.23. The standard InChI is InChI=1S/C22H16F2N2O3S/c1-11-12(2)30-22(25-11)26-18(15-5-3-4-6-16(15)24)17(20(28)21(26)29)19(27)13-7-9-14(23)10-8-13/h3-10,18,27H,1-2H3. The number of anilines is 1. The predicted octanol–water partition coefficient (Wildman–Crippen LogP) is 4.66. The smallest absolute Gasteiger partial charge is 0.301 e. The summed E-state index contributed by atoms with van der Waals surface area (Å²) in [5.41, 5.74) is 0.595. The topological polar surface area (TPSA) is 70.5 Å². The molecule has 1 aromatic heterocycles. The molecule has 1 atom stereocenters. The first-order valence-electron chi connectivity index (χ1n) is 9.05. The summed E-state index contributed by atoms with van der Waals surface area (Å²) in [6.45, 7) is 3.59. The first-order chi connectivity index (χ1) is 14.3. The van der Waals surface area contributed by atoms with Crippen molar-refractivity contribution in [3.63, 3.8) is 0 Å². The van der Waals surface area contributed by atoms with E-state index < -0.39 is 35.1 Å². The molecule has 0 spiro atoms. The van der Waals surface area contributed by atoms with Crippen LogP contribution in [0.4, 0.5) is 13.9 Å². The Kier molecular flexibility index (Phi) is 4.95. The van der Waals surface area contributed by atoms with Gasteiger partial charge in [-0.3, -0.25) is 14.5 Å². The fourth-order valence-corrected chi connectivity index (χ4v) is 4.28. The average molecular weight is 426 g/mol. The highest BCUT2D eigenvalue weighted by molar-refractivity contribution is 7.16. The van der Waals surface area contributed by atoms with Crippen LogP contribution in [0.25, 0.3) is 5.76 Å². The Labute approximate surface area is 174 Å². The average Bonchev–Trinajstić information content (AvgIpc) is 3.18. The molecule has 152 valence electrons. The summed E-state index contributed by atoms with van der Waals surface area (Å²) in [5, 5.41) is 11.1. The van der Waals surface area contributed by atoms with Gasteiger partial charge in [0.1, 0.15) is 23.4 Å². The molecule has 1 amide bonds. The van der Waals surface area contributed by atoms with E-state index in [0.29, 0.717) is 5.69 Å². The summed E-state index contributed by atoms with van der Waals surface area (Å²) in [4.78, 5) is 32.2. The molecule has 0 bridgehead atoms. The summed E-state index contributed by atoms with van der Waals surface area (Å²) in [5.74, 6) is -3.54. The molecule has 4 rings (SSSR count). The largest absolute Gasteiger partial charge is 0.507 e. The van der Waals surface area contributed by atoms with Crippen LogP contribution in [0.5, 0.6) is 0 Å². The molecule has 2 heterocycles. The number of benzene rings is 2. The highest BCUT2D eigenvalue weighted by Gasteiger charge is 2.49. The van der Waals surface area contributed by atoms with E-state index in [0.717, 1.165) is 21.9 Å². The minimum atomic E-state index is -1.21. The Morgan fingerprint density at radius 2 is 1.73 bits per heavy atom. The lowest BCUT2D eigenvalue weighted by Crippen LogP contribution is -2.29. The van der Waals surface area contributed by atoms with Gasteiger partial charge in [-0.2, -0.15) is 0 Å². The summed E-state index contributed by atoms with van der Waals surface area (Å²) in [6, 6.07) is 9.34. The van der Waals surface area contributed by atoms with Gasteiger partial charge in [-0.15, -0.1) is 11.3 Å². The van der Waals surface area contributed by atoms with Gasteiger partial charge in [0.25, 0.3) is 5.78 Å². The number of aliphatic hydroxyl groups is 1. The number of thiazole rings is 1. The molecular formula is C22H16F2N2O3S. The second kappa shape index (κ2) is 7.46. The third-order valence-corrected chi connectivity index (χ3v) is 6.06. The maximum atomic E-state index is 14.7. The zero-order valence-electron chi connectivity index (χ0n) is 16.0. The van der Waals surface area contributed by atoms with Crippen LogP contribution >= 0.6 is 11.3 Å². The number of aliphatic hydroxyl groups excluding tert-OH is 1. The maximum absolute atomic E-state index is 14.7. The third kappa shape index (κ3) is 3.19. The number of halogens is 2. The summed E-state index contributed by atoms with van der Waals surface area (Å²) in [6.07, 6.45) is 0. The van der Waals surface area contributed by atoms with Gasteiger partial charge in [0.15, 0.2) is 5.13 Å². The number of ketones is 1. The van der Waals surface area contributed by atoms with Crippen molar-refractivity contribution in [2.75, 3.05) is 4.90 Å². The normalized spacial score (nSPS) is 18.3. The number of carbonyl (C=O) groups excluding carboxylic acids is 2. The van der Waals surface area contributed by atoms with E-state index in [-0.39, 0.29) is 21.8 Å². The maximum Gasteiger partial charge on any atom is 0.301 e. The molecule has 0 radical (unpaired) electrons. The minimum absolute atomic E-state index is 0.0471. The van der Waals surface area contributed by atoms with Crippen LogP contribution in [0.15, 0.2) is 54.1 Å². The van der Waals surface area contributed by atoms with Crippen LogP contribution in [-0.2, 0) is 9.59 Å². The minimum Gasteiger partial charge on any atom is -0.507 e. The number of aromatic nitrogens is 1. The molecule has 1 aliphatic heterocycles. The van der Waals surface area contributed by atoms with Gasteiger partial charge >= 0.3 is 5.91 Å². The number of aryl methyl sites for hydroxylation is 2. The van der Waals surface area contributed by atoms with Crippen LogP contribution < -0.4 is 4.90 Å². The van der Waals surface area contributed by atoms with E-state index in [1.54, 1.807) is 13.0 Å². The van der Waals surface area contributed by atoms with Crippen LogP contribution in [0.1, 0.15) is 27.7 Å². The zero-order chi connectivity index (χ0) is 21.6. The monoisotopic (exact) mass is 426 g/mol. The molecule has 8 heteroatoms. The molecule has 0 saturated carbocycles. The van der Waals surface area contributed by atoms with E-state index in [1.165, 1.54) is 41.7 Å². The lowest BCUT2D eigenvalue weighted by molar-refractivity contribution is -0.132. The quantitative estimate of drug-likeness (QED) is 0.376. The zero-order valence-corrected chi connectivity index (χ0v) is 16.8. The third-order valence-electron chi connectivity index (χ3n) is 4.99. The molecule has 0 aliphatic carbocycles. The predicted molar refractivity (Wildman–Crippen MR) is 109 cm³/mol. The number of Topliss-reactive ketones (excluding diaryl/α,β-unsaturated/α-hetero) is 1. The molecule has 30 heavy (non-hydrogen) atoms. The second-order valence-corrected chi connectivity index (χ2v) is 8.02. The highest BCUT2D eigenvalue weighted by Crippen LogP contribution is 2.44. The van der Waals surface area contributed by atoms with Crippen molar-refractivity contribution in [2.45, 2.75) is 19.9 Å². The molecule has 1 aliphatic rings. The van der Waals surface area contributed by atoms with Crippen molar-refractivity contribution in [1.29, 1.82) is 0 Å². The van der Waals surface area contributed by atoms with Crippen molar-refractivity contribution in [2.24, 2.45) is 0 Å². The van der Waals surface area contributed by atoms with Crippen LogP contribution in [0, 0.1) is 25.5 Å². The van der Waals surface area contributed by atoms with Crippen LogP contribution in [0.3, 0.4) is 0 Å². The summed E-state index contributed by atoms with van der Waals surface area (Å²) < 4.78 is 28.0. The van der Waals surface area contributed by atoms with Crippen molar-refractivity contribution >= 4 is 33.9 Å². The number of nitrogens with zero attached hydrogens (tertiary/aromatic N) is 2. The highest BCUT2D eigenvalue weighted by atomic mass is 32.1. The Balaban J connectivity index is 1.97. The number of carbonyl (C=O) groups is 2. The van der Waals surface area contributed by atoms with Gasteiger partial charge in [0.2, 0.25) is 0 Å². The van der Waals surface area contributed by atoms with Crippen molar-refractivity contribution < 1.29 is 23.5 Å². The van der Waals surface area contributed by atoms with Crippen molar-refractivity contribution in [3.05, 3.63) is 87.4 Å².